The van der Waals surface area contributed by atoms with E-state index in [-0.39, 0.29) is 11.5 Å². The predicted molar refractivity (Wildman–Crippen MR) is 148 cm³/mol. The van der Waals surface area contributed by atoms with E-state index in [1.807, 2.05) is 53.4 Å². The summed E-state index contributed by atoms with van der Waals surface area (Å²) < 4.78 is 10.7. The van der Waals surface area contributed by atoms with Gasteiger partial charge in [0.1, 0.15) is 11.5 Å². The third-order valence-electron chi connectivity index (χ3n) is 6.42. The maximum absolute atomic E-state index is 13.7. The number of rotatable bonds is 11. The molecule has 0 aliphatic carbocycles. The second-order valence-corrected chi connectivity index (χ2v) is 8.96. The average Bonchev–Trinajstić information content (AvgIpc) is 2.96. The van der Waals surface area contributed by atoms with Crippen molar-refractivity contribution >= 4 is 11.9 Å². The Labute approximate surface area is 223 Å². The number of carbonyl (C=O) groups excluding carboxylic acids is 1. The monoisotopic (exact) mass is 509 g/mol. The molecule has 4 aromatic carbocycles. The van der Waals surface area contributed by atoms with Gasteiger partial charge in [0.2, 0.25) is 0 Å². The van der Waals surface area contributed by atoms with E-state index in [9.17, 15) is 14.7 Å². The zero-order valence-electron chi connectivity index (χ0n) is 21.6. The summed E-state index contributed by atoms with van der Waals surface area (Å²) in [4.78, 5) is 27.2. The molecule has 194 valence electrons. The van der Waals surface area contributed by atoms with Gasteiger partial charge in [-0.15, -0.1) is 0 Å². The first-order valence-electron chi connectivity index (χ1n) is 12.5. The summed E-state index contributed by atoms with van der Waals surface area (Å²) in [6, 6.07) is 30.0. The van der Waals surface area contributed by atoms with Gasteiger partial charge in [-0.05, 0) is 53.3 Å². The summed E-state index contributed by atoms with van der Waals surface area (Å²) in [5.41, 5.74) is 4.39. The number of hydrogen-bond donors (Lipinski definition) is 1. The average molecular weight is 510 g/mol. The van der Waals surface area contributed by atoms with Gasteiger partial charge >= 0.3 is 5.97 Å². The first-order valence-corrected chi connectivity index (χ1v) is 12.5. The molecular weight excluding hydrogens is 478 g/mol. The van der Waals surface area contributed by atoms with Crippen LogP contribution in [0.15, 0.2) is 97.1 Å². The Morgan fingerprint density at radius 1 is 0.763 bits per heavy atom. The molecule has 0 aromatic heterocycles. The third kappa shape index (κ3) is 6.59. The number of nitrogens with zero attached hydrogens (tertiary/aromatic N) is 1. The molecule has 1 amide bonds. The third-order valence-corrected chi connectivity index (χ3v) is 6.42. The molecule has 0 heterocycles. The largest absolute Gasteiger partial charge is 0.497 e. The van der Waals surface area contributed by atoms with Gasteiger partial charge in [0.15, 0.2) is 0 Å². The molecule has 0 aliphatic heterocycles. The van der Waals surface area contributed by atoms with Crippen molar-refractivity contribution in [3.8, 4) is 22.6 Å². The fourth-order valence-corrected chi connectivity index (χ4v) is 4.42. The maximum atomic E-state index is 13.7. The van der Waals surface area contributed by atoms with Crippen molar-refractivity contribution in [2.45, 2.75) is 19.4 Å². The number of amides is 1. The second kappa shape index (κ2) is 12.6. The van der Waals surface area contributed by atoms with Gasteiger partial charge in [-0.2, -0.15) is 0 Å². The number of carboxylic acids is 1. The fourth-order valence-electron chi connectivity index (χ4n) is 4.42. The van der Waals surface area contributed by atoms with Crippen LogP contribution in [0.4, 0.5) is 0 Å². The zero-order chi connectivity index (χ0) is 26.9. The lowest BCUT2D eigenvalue weighted by atomic mass is 9.98. The highest BCUT2D eigenvalue weighted by molar-refractivity contribution is 5.96. The lowest BCUT2D eigenvalue weighted by Gasteiger charge is -2.24. The van der Waals surface area contributed by atoms with E-state index in [0.717, 1.165) is 24.0 Å². The van der Waals surface area contributed by atoms with Crippen LogP contribution in [0.1, 0.15) is 38.3 Å². The Morgan fingerprint density at radius 2 is 1.39 bits per heavy atom. The molecule has 4 aromatic rings. The van der Waals surface area contributed by atoms with Crippen molar-refractivity contribution in [1.29, 1.82) is 0 Å². The standard InChI is InChI=1S/C32H31NO5/c1-37-27-19-26(20-28(21-27)38-2)31(34)33(18-8-11-23-9-4-3-5-10-23)22-24-14-16-25(17-15-24)29-12-6-7-13-30(29)32(35)36/h3-7,9-10,12-17,19-21H,8,11,18,22H2,1-2H3,(H,35,36). The molecule has 38 heavy (non-hydrogen) atoms. The van der Waals surface area contributed by atoms with Crippen LogP contribution in [-0.4, -0.2) is 42.6 Å². The summed E-state index contributed by atoms with van der Waals surface area (Å²) in [5, 5.41) is 9.55. The van der Waals surface area contributed by atoms with E-state index in [2.05, 4.69) is 12.1 Å². The number of aryl methyl sites for hydroxylation is 1. The van der Waals surface area contributed by atoms with E-state index in [1.54, 1.807) is 50.6 Å². The maximum Gasteiger partial charge on any atom is 0.336 e. The van der Waals surface area contributed by atoms with E-state index in [4.69, 9.17) is 9.47 Å². The molecule has 0 saturated heterocycles. The quantitative estimate of drug-likeness (QED) is 0.255. The van der Waals surface area contributed by atoms with E-state index in [0.29, 0.717) is 35.7 Å². The first-order chi connectivity index (χ1) is 18.5. The molecule has 6 nitrogen and oxygen atoms in total. The molecular formula is C32H31NO5. The van der Waals surface area contributed by atoms with Crippen molar-refractivity contribution in [2.75, 3.05) is 20.8 Å². The van der Waals surface area contributed by atoms with Crippen molar-refractivity contribution in [3.63, 3.8) is 0 Å². The highest BCUT2D eigenvalue weighted by atomic mass is 16.5. The molecule has 0 bridgehead atoms. The SMILES string of the molecule is COc1cc(OC)cc(C(=O)N(CCCc2ccccc2)Cc2ccc(-c3ccccc3C(=O)O)cc2)c1. The smallest absolute Gasteiger partial charge is 0.336 e. The van der Waals surface area contributed by atoms with E-state index >= 15 is 0 Å². The van der Waals surface area contributed by atoms with E-state index < -0.39 is 5.97 Å². The van der Waals surface area contributed by atoms with Crippen molar-refractivity contribution in [2.24, 2.45) is 0 Å². The number of ether oxygens (including phenoxy) is 2. The minimum absolute atomic E-state index is 0.115. The zero-order valence-corrected chi connectivity index (χ0v) is 21.6. The van der Waals surface area contributed by atoms with Crippen LogP contribution in [0.3, 0.4) is 0 Å². The van der Waals surface area contributed by atoms with Crippen LogP contribution in [-0.2, 0) is 13.0 Å². The first kappa shape index (κ1) is 26.5. The number of hydrogen-bond acceptors (Lipinski definition) is 4. The fraction of sp³-hybridized carbons (Fsp3) is 0.188. The highest BCUT2D eigenvalue weighted by Gasteiger charge is 2.19. The molecule has 4 rings (SSSR count). The number of benzene rings is 4. The number of methoxy groups -OCH3 is 2. The number of aromatic carboxylic acids is 1. The van der Waals surface area contributed by atoms with Gasteiger partial charge in [0.25, 0.3) is 5.91 Å². The Hall–Kier alpha value is -4.58. The normalized spacial score (nSPS) is 10.6. The van der Waals surface area contributed by atoms with Crippen LogP contribution in [0, 0.1) is 0 Å². The predicted octanol–water partition coefficient (Wildman–Crippen LogP) is 6.34. The van der Waals surface area contributed by atoms with Gasteiger partial charge in [-0.25, -0.2) is 4.79 Å². The van der Waals surface area contributed by atoms with Gasteiger partial charge < -0.3 is 19.5 Å². The molecule has 6 heteroatoms. The molecule has 0 aliphatic rings. The summed E-state index contributed by atoms with van der Waals surface area (Å²) in [5.74, 6) is 0.0286. The molecule has 0 spiro atoms. The molecule has 0 atom stereocenters. The number of carbonyl (C=O) groups is 2. The van der Waals surface area contributed by atoms with Crippen molar-refractivity contribution in [3.05, 3.63) is 119 Å². The Kier molecular flexibility index (Phi) is 8.77. The second-order valence-electron chi connectivity index (χ2n) is 8.96. The van der Waals surface area contributed by atoms with Crippen molar-refractivity contribution < 1.29 is 24.2 Å². The lowest BCUT2D eigenvalue weighted by molar-refractivity contribution is 0.0696. The minimum Gasteiger partial charge on any atom is -0.497 e. The summed E-state index contributed by atoms with van der Waals surface area (Å²) in [6.45, 7) is 0.977. The van der Waals surface area contributed by atoms with Gasteiger partial charge in [-0.3, -0.25) is 4.79 Å². The Balaban J connectivity index is 1.57. The Morgan fingerprint density at radius 3 is 2.03 bits per heavy atom. The van der Waals surface area contributed by atoms with E-state index in [1.165, 1.54) is 5.56 Å². The van der Waals surface area contributed by atoms with Crippen LogP contribution in [0.25, 0.3) is 11.1 Å². The minimum atomic E-state index is -0.964. The highest BCUT2D eigenvalue weighted by Crippen LogP contribution is 2.26. The van der Waals surface area contributed by atoms with Gasteiger partial charge in [-0.1, -0.05) is 72.8 Å². The molecule has 0 radical (unpaired) electrons. The van der Waals surface area contributed by atoms with Crippen LogP contribution in [0.2, 0.25) is 0 Å². The van der Waals surface area contributed by atoms with Gasteiger partial charge in [0.05, 0.1) is 19.8 Å². The summed E-state index contributed by atoms with van der Waals surface area (Å²) >= 11 is 0. The molecule has 0 fully saturated rings. The lowest BCUT2D eigenvalue weighted by Crippen LogP contribution is -2.32. The van der Waals surface area contributed by atoms with Gasteiger partial charge in [0, 0.05) is 24.7 Å². The summed E-state index contributed by atoms with van der Waals surface area (Å²) in [6.07, 6.45) is 1.66. The molecule has 0 unspecified atom stereocenters. The van der Waals surface area contributed by atoms with Crippen LogP contribution < -0.4 is 9.47 Å². The Bertz CT molecular complexity index is 1360. The number of carboxylic acid groups (broad SMARTS) is 1. The van der Waals surface area contributed by atoms with Crippen LogP contribution in [0.5, 0.6) is 11.5 Å². The molecule has 0 saturated carbocycles. The summed E-state index contributed by atoms with van der Waals surface area (Å²) in [7, 11) is 3.12. The van der Waals surface area contributed by atoms with Crippen LogP contribution >= 0.6 is 0 Å². The topological polar surface area (TPSA) is 76.1 Å². The van der Waals surface area contributed by atoms with Crippen molar-refractivity contribution in [1.82, 2.24) is 4.90 Å². The molecule has 1 N–H and O–H groups in total.